The highest BCUT2D eigenvalue weighted by Crippen LogP contribution is 2.18. The van der Waals surface area contributed by atoms with Gasteiger partial charge in [-0.2, -0.15) is 9.78 Å². The lowest BCUT2D eigenvalue weighted by molar-refractivity contribution is 0.185. The van der Waals surface area contributed by atoms with Gasteiger partial charge in [-0.15, -0.1) is 0 Å². The summed E-state index contributed by atoms with van der Waals surface area (Å²) in [5, 5.41) is 5.37. The molecule has 1 aromatic carbocycles. The minimum Gasteiger partial charge on any atom is -0.383 e. The quantitative estimate of drug-likeness (QED) is 0.519. The summed E-state index contributed by atoms with van der Waals surface area (Å²) in [5.74, 6) is 0. The van der Waals surface area contributed by atoms with Crippen LogP contribution in [0.4, 0.5) is 0 Å². The molecule has 0 aliphatic rings. The molecule has 0 amide bonds. The number of hydrogen-bond acceptors (Lipinski definition) is 5. The van der Waals surface area contributed by atoms with Crippen LogP contribution in [0.3, 0.4) is 0 Å². The maximum absolute atomic E-state index is 12.7. The Morgan fingerprint density at radius 3 is 2.70 bits per heavy atom. The molecule has 0 aliphatic carbocycles. The molecule has 9 nitrogen and oxygen atoms in total. The zero-order chi connectivity index (χ0) is 19.0. The second kappa shape index (κ2) is 6.69. The molecule has 0 aliphatic heterocycles. The van der Waals surface area contributed by atoms with Crippen LogP contribution >= 0.6 is 0 Å². The molecule has 138 valence electrons. The van der Waals surface area contributed by atoms with Crippen molar-refractivity contribution in [3.8, 4) is 11.4 Å². The predicted octanol–water partition coefficient (Wildman–Crippen LogP) is 0.718. The molecule has 0 N–H and O–H groups in total. The highest BCUT2D eigenvalue weighted by molar-refractivity contribution is 5.80. The van der Waals surface area contributed by atoms with Gasteiger partial charge in [-0.25, -0.2) is 23.5 Å². The standard InChI is InChI=1S/C18H18N6O3/c1-21-17(25)22(8-9-27-2)18(26)24(21)14-5-6-16-13(10-14)12-23(20-16)15-4-3-7-19-11-15/h3-7,10-12H,8-9H2,1-2H3. The van der Waals surface area contributed by atoms with Crippen molar-refractivity contribution in [1.29, 1.82) is 0 Å². The third kappa shape index (κ3) is 2.87. The summed E-state index contributed by atoms with van der Waals surface area (Å²) in [6.45, 7) is 0.492. The highest BCUT2D eigenvalue weighted by atomic mass is 16.5. The van der Waals surface area contributed by atoms with E-state index in [9.17, 15) is 9.59 Å². The second-order valence-electron chi connectivity index (χ2n) is 6.07. The highest BCUT2D eigenvalue weighted by Gasteiger charge is 2.15. The fraction of sp³-hybridized carbons (Fsp3) is 0.222. The van der Waals surface area contributed by atoms with E-state index < -0.39 is 5.69 Å². The molecule has 0 fully saturated rings. The van der Waals surface area contributed by atoms with E-state index in [1.807, 2.05) is 30.5 Å². The molecule has 4 rings (SSSR count). The molecule has 0 bridgehead atoms. The first-order valence-corrected chi connectivity index (χ1v) is 8.38. The van der Waals surface area contributed by atoms with Crippen molar-refractivity contribution in [2.24, 2.45) is 7.05 Å². The van der Waals surface area contributed by atoms with Gasteiger partial charge >= 0.3 is 11.4 Å². The Hall–Kier alpha value is -3.46. The van der Waals surface area contributed by atoms with Crippen molar-refractivity contribution in [1.82, 2.24) is 28.7 Å². The largest absolute Gasteiger partial charge is 0.383 e. The van der Waals surface area contributed by atoms with Gasteiger partial charge in [-0.05, 0) is 30.3 Å². The number of fused-ring (bicyclic) bond motifs is 1. The van der Waals surface area contributed by atoms with Gasteiger partial charge in [0.15, 0.2) is 0 Å². The molecule has 0 spiro atoms. The fourth-order valence-electron chi connectivity index (χ4n) is 3.01. The summed E-state index contributed by atoms with van der Waals surface area (Å²) in [6, 6.07) is 9.16. The zero-order valence-corrected chi connectivity index (χ0v) is 14.9. The molecule has 9 heteroatoms. The predicted molar refractivity (Wildman–Crippen MR) is 99.6 cm³/mol. The molecule has 27 heavy (non-hydrogen) atoms. The Morgan fingerprint density at radius 1 is 1.11 bits per heavy atom. The van der Waals surface area contributed by atoms with Crippen LogP contribution < -0.4 is 11.4 Å². The third-order valence-corrected chi connectivity index (χ3v) is 4.38. The van der Waals surface area contributed by atoms with Crippen LogP contribution in [-0.4, -0.2) is 42.4 Å². The number of hydrogen-bond donors (Lipinski definition) is 0. The minimum absolute atomic E-state index is 0.205. The van der Waals surface area contributed by atoms with Crippen LogP contribution in [-0.2, 0) is 18.3 Å². The van der Waals surface area contributed by atoms with Crippen LogP contribution in [0.2, 0.25) is 0 Å². The Labute approximate surface area is 153 Å². The smallest absolute Gasteiger partial charge is 0.352 e. The fourth-order valence-corrected chi connectivity index (χ4v) is 3.01. The van der Waals surface area contributed by atoms with Crippen LogP contribution in [0.1, 0.15) is 0 Å². The average molecular weight is 366 g/mol. The minimum atomic E-state index is -0.404. The molecule has 0 atom stereocenters. The van der Waals surface area contributed by atoms with Gasteiger partial charge in [0.05, 0.1) is 36.2 Å². The lowest BCUT2D eigenvalue weighted by Gasteiger charge is -2.04. The first-order chi connectivity index (χ1) is 13.1. The molecular weight excluding hydrogens is 348 g/mol. The van der Waals surface area contributed by atoms with Crippen LogP contribution in [0, 0.1) is 0 Å². The molecule has 3 heterocycles. The third-order valence-electron chi connectivity index (χ3n) is 4.38. The van der Waals surface area contributed by atoms with E-state index in [0.29, 0.717) is 5.69 Å². The van der Waals surface area contributed by atoms with Crippen molar-refractivity contribution in [3.05, 3.63) is 69.9 Å². The van der Waals surface area contributed by atoms with Gasteiger partial charge in [0.25, 0.3) is 0 Å². The van der Waals surface area contributed by atoms with E-state index in [4.69, 9.17) is 4.74 Å². The molecule has 4 aromatic rings. The first-order valence-electron chi connectivity index (χ1n) is 8.38. The van der Waals surface area contributed by atoms with Crippen molar-refractivity contribution >= 4 is 10.9 Å². The number of rotatable bonds is 5. The maximum atomic E-state index is 12.7. The zero-order valence-electron chi connectivity index (χ0n) is 14.9. The SMILES string of the molecule is COCCn1c(=O)n(C)n(-c2ccc3nn(-c4cccnc4)cc3c2)c1=O. The molecule has 0 radical (unpaired) electrons. The maximum Gasteiger partial charge on any atom is 0.352 e. The van der Waals surface area contributed by atoms with Gasteiger partial charge in [-0.1, -0.05) is 0 Å². The lowest BCUT2D eigenvalue weighted by atomic mass is 10.2. The van der Waals surface area contributed by atoms with E-state index >= 15 is 0 Å². The number of pyridine rings is 1. The number of ether oxygens (including phenoxy) is 1. The molecule has 0 saturated carbocycles. The Morgan fingerprint density at radius 2 is 1.96 bits per heavy atom. The van der Waals surface area contributed by atoms with E-state index in [-0.39, 0.29) is 18.8 Å². The van der Waals surface area contributed by atoms with Crippen molar-refractivity contribution in [3.63, 3.8) is 0 Å². The van der Waals surface area contributed by atoms with Crippen molar-refractivity contribution in [2.45, 2.75) is 6.54 Å². The van der Waals surface area contributed by atoms with Crippen molar-refractivity contribution in [2.75, 3.05) is 13.7 Å². The van der Waals surface area contributed by atoms with Gasteiger partial charge in [-0.3, -0.25) is 4.98 Å². The number of benzene rings is 1. The Kier molecular flexibility index (Phi) is 4.21. The second-order valence-corrected chi connectivity index (χ2v) is 6.07. The monoisotopic (exact) mass is 366 g/mol. The summed E-state index contributed by atoms with van der Waals surface area (Å²) < 4.78 is 10.5. The molecular formula is C18H18N6O3. The van der Waals surface area contributed by atoms with E-state index in [1.54, 1.807) is 30.2 Å². The van der Waals surface area contributed by atoms with Crippen LogP contribution in [0.15, 0.2) is 58.5 Å². The first kappa shape index (κ1) is 17.0. The van der Waals surface area contributed by atoms with Gasteiger partial charge in [0.1, 0.15) is 0 Å². The van der Waals surface area contributed by atoms with Crippen LogP contribution in [0.5, 0.6) is 0 Å². The van der Waals surface area contributed by atoms with Crippen LogP contribution in [0.25, 0.3) is 22.3 Å². The molecule has 3 aromatic heterocycles. The topological polar surface area (TPSA) is 88.9 Å². The summed E-state index contributed by atoms with van der Waals surface area (Å²) in [4.78, 5) is 29.2. The molecule has 0 saturated heterocycles. The van der Waals surface area contributed by atoms with Gasteiger partial charge in [0, 0.05) is 31.9 Å². The number of nitrogens with zero attached hydrogens (tertiary/aromatic N) is 6. The Bertz CT molecular complexity index is 1220. The lowest BCUT2D eigenvalue weighted by Crippen LogP contribution is -2.30. The number of aromatic nitrogens is 6. The van der Waals surface area contributed by atoms with E-state index in [1.165, 1.54) is 16.5 Å². The molecule has 0 unspecified atom stereocenters. The van der Waals surface area contributed by atoms with Gasteiger partial charge < -0.3 is 4.74 Å². The van der Waals surface area contributed by atoms with Gasteiger partial charge in [0.2, 0.25) is 0 Å². The summed E-state index contributed by atoms with van der Waals surface area (Å²) >= 11 is 0. The Balaban J connectivity index is 1.81. The number of methoxy groups -OCH3 is 1. The summed E-state index contributed by atoms with van der Waals surface area (Å²) in [7, 11) is 3.09. The van der Waals surface area contributed by atoms with E-state index in [2.05, 4.69) is 10.1 Å². The van der Waals surface area contributed by atoms with E-state index in [0.717, 1.165) is 21.2 Å². The average Bonchev–Trinajstić information content (AvgIpc) is 3.20. The normalized spacial score (nSPS) is 11.3. The van der Waals surface area contributed by atoms with Crippen molar-refractivity contribution < 1.29 is 4.74 Å². The summed E-state index contributed by atoms with van der Waals surface area (Å²) in [5.41, 5.74) is 1.42. The summed E-state index contributed by atoms with van der Waals surface area (Å²) in [6.07, 6.45) is 5.28.